The topological polar surface area (TPSA) is 65.0 Å². The molecule has 0 amide bonds. The molecule has 5 nitrogen and oxygen atoms in total. The molecule has 4 atom stereocenters. The van der Waals surface area contributed by atoms with Gasteiger partial charge in [-0.15, -0.1) is 0 Å². The predicted molar refractivity (Wildman–Crippen MR) is 77.8 cm³/mol. The summed E-state index contributed by atoms with van der Waals surface area (Å²) in [5, 5.41) is 9.57. The lowest BCUT2D eigenvalue weighted by Gasteiger charge is -2.32. The van der Waals surface area contributed by atoms with Gasteiger partial charge in [0.2, 0.25) is 11.6 Å². The van der Waals surface area contributed by atoms with Gasteiger partial charge in [-0.25, -0.2) is 4.79 Å². The smallest absolute Gasteiger partial charge is 0.417 e. The Kier molecular flexibility index (Phi) is 5.10. The molecule has 1 heterocycles. The van der Waals surface area contributed by atoms with Gasteiger partial charge in [-0.2, -0.15) is 22.0 Å². The Balaban J connectivity index is 2.71. The molecule has 2 rings (SSSR count). The lowest BCUT2D eigenvalue weighted by molar-refractivity contribution is -0.274. The van der Waals surface area contributed by atoms with E-state index >= 15 is 0 Å². The second-order valence-corrected chi connectivity index (χ2v) is 6.13. The second-order valence-electron chi connectivity index (χ2n) is 6.13. The van der Waals surface area contributed by atoms with Crippen LogP contribution in [0.15, 0.2) is 6.07 Å². The van der Waals surface area contributed by atoms with Crippen molar-refractivity contribution in [3.63, 3.8) is 0 Å². The minimum absolute atomic E-state index is 0.334. The Bertz CT molecular complexity index is 720. The Hall–Kier alpha value is -2.10. The number of methoxy groups -OCH3 is 2. The normalized spacial score (nSPS) is 28.9. The highest BCUT2D eigenvalue weighted by Gasteiger charge is 2.66. The van der Waals surface area contributed by atoms with Crippen molar-refractivity contribution in [1.82, 2.24) is 0 Å². The van der Waals surface area contributed by atoms with Crippen LogP contribution in [-0.4, -0.2) is 43.2 Å². The number of benzene rings is 1. The number of ether oxygens (including phenoxy) is 3. The third-order valence-electron chi connectivity index (χ3n) is 4.84. The summed E-state index contributed by atoms with van der Waals surface area (Å²) < 4.78 is 82.6. The first-order chi connectivity index (χ1) is 11.9. The monoisotopic (exact) mass is 384 g/mol. The number of phenolic OH excluding ortho intramolecular Hbond substituents is 1. The van der Waals surface area contributed by atoms with Crippen LogP contribution in [0, 0.1) is 17.6 Å². The van der Waals surface area contributed by atoms with Gasteiger partial charge in [0.25, 0.3) is 0 Å². The quantitative estimate of drug-likeness (QED) is 0.640. The fourth-order valence-corrected chi connectivity index (χ4v) is 3.19. The average molecular weight is 384 g/mol. The zero-order chi connectivity index (χ0) is 20.0. The van der Waals surface area contributed by atoms with Crippen LogP contribution in [0.3, 0.4) is 0 Å². The average Bonchev–Trinajstić information content (AvgIpc) is 2.84. The summed E-state index contributed by atoms with van der Waals surface area (Å²) in [5.41, 5.74) is -3.10. The molecule has 1 fully saturated rings. The molecule has 0 aromatic heterocycles. The molecule has 0 saturated carbocycles. The van der Waals surface area contributed by atoms with Crippen molar-refractivity contribution >= 4 is 5.97 Å². The van der Waals surface area contributed by atoms with Crippen LogP contribution in [0.2, 0.25) is 0 Å². The van der Waals surface area contributed by atoms with Gasteiger partial charge in [0.15, 0.2) is 23.2 Å². The molecule has 1 aromatic rings. The van der Waals surface area contributed by atoms with E-state index in [0.29, 0.717) is 0 Å². The Morgan fingerprint density at radius 3 is 2.31 bits per heavy atom. The van der Waals surface area contributed by atoms with Crippen molar-refractivity contribution in [2.24, 2.45) is 5.92 Å². The zero-order valence-electron chi connectivity index (χ0n) is 14.3. The summed E-state index contributed by atoms with van der Waals surface area (Å²) >= 11 is 0. The number of carbonyl (C=O) groups is 1. The first kappa shape index (κ1) is 20.2. The van der Waals surface area contributed by atoms with Gasteiger partial charge in [-0.3, -0.25) is 0 Å². The molecule has 26 heavy (non-hydrogen) atoms. The van der Waals surface area contributed by atoms with E-state index < -0.39 is 58.8 Å². The maximum atomic E-state index is 14.1. The maximum Gasteiger partial charge on any atom is 0.417 e. The zero-order valence-corrected chi connectivity index (χ0v) is 14.3. The van der Waals surface area contributed by atoms with E-state index in [9.17, 15) is 31.9 Å². The third kappa shape index (κ3) is 2.85. The van der Waals surface area contributed by atoms with E-state index in [1.807, 2.05) is 0 Å². The van der Waals surface area contributed by atoms with Crippen LogP contribution >= 0.6 is 0 Å². The number of carbonyl (C=O) groups excluding carboxylic acids is 1. The van der Waals surface area contributed by atoms with Gasteiger partial charge in [0.1, 0.15) is 0 Å². The molecule has 10 heteroatoms. The molecule has 1 aromatic carbocycles. The van der Waals surface area contributed by atoms with Crippen molar-refractivity contribution in [3.8, 4) is 11.5 Å². The Labute approximate surface area is 145 Å². The number of halogens is 5. The molecule has 4 unspecified atom stereocenters. The molecular formula is C16H17F5O5. The third-order valence-corrected chi connectivity index (χ3v) is 4.84. The van der Waals surface area contributed by atoms with E-state index in [1.165, 1.54) is 0 Å². The number of aromatic hydroxyl groups is 1. The number of rotatable bonds is 3. The number of alkyl halides is 3. The summed E-state index contributed by atoms with van der Waals surface area (Å²) in [4.78, 5) is 12.0. The van der Waals surface area contributed by atoms with Gasteiger partial charge in [0.05, 0.1) is 14.2 Å². The Morgan fingerprint density at radius 1 is 1.27 bits per heavy atom. The highest BCUT2D eigenvalue weighted by Crippen LogP contribution is 2.55. The second kappa shape index (κ2) is 6.57. The molecule has 0 bridgehead atoms. The van der Waals surface area contributed by atoms with Crippen molar-refractivity contribution in [3.05, 3.63) is 23.3 Å². The summed E-state index contributed by atoms with van der Waals surface area (Å²) in [6, 6.07) is 0.722. The summed E-state index contributed by atoms with van der Waals surface area (Å²) in [6.07, 6.45) is -6.62. The van der Waals surface area contributed by atoms with Gasteiger partial charge < -0.3 is 19.3 Å². The SMILES string of the molecule is COC(=O)C1OC(C)(C(F)(F)F)C(C)C1c1cc(O)c(F)c(F)c1OC. The first-order valence-electron chi connectivity index (χ1n) is 7.47. The van der Waals surface area contributed by atoms with Gasteiger partial charge in [-0.1, -0.05) is 6.92 Å². The number of hydrogen-bond donors (Lipinski definition) is 1. The molecule has 1 N–H and O–H groups in total. The molecule has 0 radical (unpaired) electrons. The summed E-state index contributed by atoms with van der Waals surface area (Å²) in [6.45, 7) is 1.90. The minimum atomic E-state index is -4.86. The van der Waals surface area contributed by atoms with Crippen molar-refractivity contribution in [1.29, 1.82) is 0 Å². The van der Waals surface area contributed by atoms with Crippen LogP contribution in [0.25, 0.3) is 0 Å². The first-order valence-corrected chi connectivity index (χ1v) is 7.47. The number of phenols is 1. The van der Waals surface area contributed by atoms with Crippen LogP contribution in [0.1, 0.15) is 25.3 Å². The predicted octanol–water partition coefficient (Wildman–Crippen LogP) is 3.29. The lowest BCUT2D eigenvalue weighted by Crippen LogP contribution is -2.47. The van der Waals surface area contributed by atoms with E-state index in [4.69, 9.17) is 9.47 Å². The maximum absolute atomic E-state index is 14.1. The Morgan fingerprint density at radius 2 is 1.85 bits per heavy atom. The molecule has 1 aliphatic rings. The van der Waals surface area contributed by atoms with Crippen LogP contribution in [0.5, 0.6) is 11.5 Å². The summed E-state index contributed by atoms with van der Waals surface area (Å²) in [5.74, 6) is -9.00. The van der Waals surface area contributed by atoms with E-state index in [-0.39, 0.29) is 5.56 Å². The molecule has 1 saturated heterocycles. The van der Waals surface area contributed by atoms with Crippen molar-refractivity contribution in [2.75, 3.05) is 14.2 Å². The van der Waals surface area contributed by atoms with Gasteiger partial charge in [0, 0.05) is 17.4 Å². The number of hydrogen-bond acceptors (Lipinski definition) is 5. The molecule has 1 aliphatic heterocycles. The molecule has 0 aliphatic carbocycles. The highest BCUT2D eigenvalue weighted by molar-refractivity contribution is 5.77. The van der Waals surface area contributed by atoms with E-state index in [0.717, 1.165) is 34.1 Å². The lowest BCUT2D eigenvalue weighted by atomic mass is 9.77. The fraction of sp³-hybridized carbons (Fsp3) is 0.562. The fourth-order valence-electron chi connectivity index (χ4n) is 3.19. The minimum Gasteiger partial charge on any atom is -0.505 e. The van der Waals surface area contributed by atoms with Crippen LogP contribution in [-0.2, 0) is 14.3 Å². The summed E-state index contributed by atoms with van der Waals surface area (Å²) in [7, 11) is 1.94. The van der Waals surface area contributed by atoms with Crippen LogP contribution in [0.4, 0.5) is 22.0 Å². The highest BCUT2D eigenvalue weighted by atomic mass is 19.4. The van der Waals surface area contributed by atoms with Gasteiger partial charge in [-0.05, 0) is 13.0 Å². The molecular weight excluding hydrogens is 367 g/mol. The number of esters is 1. The van der Waals surface area contributed by atoms with Crippen molar-refractivity contribution < 1.29 is 46.1 Å². The van der Waals surface area contributed by atoms with E-state index in [2.05, 4.69) is 4.74 Å². The van der Waals surface area contributed by atoms with Gasteiger partial charge >= 0.3 is 12.1 Å². The van der Waals surface area contributed by atoms with Crippen LogP contribution < -0.4 is 4.74 Å². The standard InChI is InChI=1S/C16H17F5O5/c1-6-9(7-5-8(22)10(17)11(18)12(7)24-3)13(14(23)25-4)26-15(6,2)16(19,20)21/h5-6,9,13,22H,1-4H3. The van der Waals surface area contributed by atoms with Crippen molar-refractivity contribution in [2.45, 2.75) is 37.6 Å². The largest absolute Gasteiger partial charge is 0.505 e. The molecule has 146 valence electrons. The molecule has 0 spiro atoms. The van der Waals surface area contributed by atoms with E-state index in [1.54, 1.807) is 0 Å².